The summed E-state index contributed by atoms with van der Waals surface area (Å²) < 4.78 is 12.9. The second kappa shape index (κ2) is 22.0. The first kappa shape index (κ1) is 46.6. The van der Waals surface area contributed by atoms with E-state index in [9.17, 15) is 24.0 Å². The van der Waals surface area contributed by atoms with E-state index < -0.39 is 0 Å². The van der Waals surface area contributed by atoms with Crippen LogP contribution in [0.3, 0.4) is 0 Å². The van der Waals surface area contributed by atoms with Crippen molar-refractivity contribution < 1.29 is 28.7 Å². The van der Waals surface area contributed by atoms with E-state index in [1.54, 1.807) is 23.9 Å². The van der Waals surface area contributed by atoms with Gasteiger partial charge in [-0.3, -0.25) is 33.4 Å². The number of anilines is 4. The minimum Gasteiger partial charge on any atom is -0.379 e. The molecule has 7 rings (SSSR count). The third-order valence-electron chi connectivity index (χ3n) is 12.5. The molecule has 344 valence electrons. The predicted octanol–water partition coefficient (Wildman–Crippen LogP) is 4.60. The average molecular weight is 900 g/mol. The third kappa shape index (κ3) is 11.8. The molecule has 2 saturated carbocycles. The van der Waals surface area contributed by atoms with E-state index in [-0.39, 0.29) is 65.7 Å². The number of aryl methyl sites for hydroxylation is 3. The van der Waals surface area contributed by atoms with E-state index in [0.29, 0.717) is 66.4 Å². The van der Waals surface area contributed by atoms with Crippen LogP contribution in [0.25, 0.3) is 11.0 Å². The molecule has 64 heavy (non-hydrogen) atoms. The molecule has 3 fully saturated rings. The van der Waals surface area contributed by atoms with Crippen molar-refractivity contribution in [1.29, 1.82) is 0 Å². The molecule has 3 amide bonds. The number of nitrogens with one attached hydrogen (secondary N) is 4. The fraction of sp³-hybridized carbons (Fsp3) is 0.578. The number of Topliss-reactive ketones (excluding diaryl/α,β-unsaturated/α-hetero) is 1. The van der Waals surface area contributed by atoms with Crippen LogP contribution >= 0.6 is 11.3 Å². The number of rotatable bonds is 19. The molecule has 4 aromatic heterocycles. The molecule has 5 heterocycles. The van der Waals surface area contributed by atoms with Crippen molar-refractivity contribution in [3.63, 3.8) is 0 Å². The Hall–Kier alpha value is -5.37. The van der Waals surface area contributed by atoms with E-state index in [4.69, 9.17) is 14.5 Å². The summed E-state index contributed by atoms with van der Waals surface area (Å²) in [4.78, 5) is 88.1. The van der Waals surface area contributed by atoms with Crippen LogP contribution < -0.4 is 31.7 Å². The Morgan fingerprint density at radius 1 is 0.844 bits per heavy atom. The van der Waals surface area contributed by atoms with Crippen molar-refractivity contribution in [2.45, 2.75) is 97.6 Å². The van der Waals surface area contributed by atoms with E-state index in [0.717, 1.165) is 93.8 Å². The zero-order valence-corrected chi connectivity index (χ0v) is 38.2. The van der Waals surface area contributed by atoms with Gasteiger partial charge in [0.1, 0.15) is 11.5 Å². The van der Waals surface area contributed by atoms with Crippen LogP contribution in [0.15, 0.2) is 29.3 Å². The number of fused-ring (bicyclic) bond motifs is 1. The maximum Gasteiger partial charge on any atom is 0.263 e. The molecule has 0 radical (unpaired) electrons. The lowest BCUT2D eigenvalue weighted by Crippen LogP contribution is -2.49. The molecule has 4 aromatic rings. The highest BCUT2D eigenvalue weighted by atomic mass is 32.1. The molecular weight excluding hydrogens is 839 g/mol. The van der Waals surface area contributed by atoms with Crippen LogP contribution in [-0.4, -0.2) is 125 Å². The van der Waals surface area contributed by atoms with Crippen molar-refractivity contribution in [2.75, 3.05) is 81.2 Å². The van der Waals surface area contributed by atoms with Gasteiger partial charge in [-0.1, -0.05) is 25.7 Å². The standard InChI is InChI=1S/C45H61N11O7S/c1-28-35-26-48-44(52-41(35)56(32-9-5-6-10-32)43(61)40(28)30(3)57)51-37-14-13-33(25-47-37)55-19-17-54(18-20-55)27-39(59)46-16-22-63-24-23-62-21-15-38(58)50-36-12-8-7-11-34(36)42(60)53-45-49-29(2)31(4)64-45/h13-14,25-26,32,34,36H,5-12,15-24,27H2,1-4H3,(H,46,59)(H,50,58)(H,49,53,60)(H,47,48,51,52). The highest BCUT2D eigenvalue weighted by molar-refractivity contribution is 7.15. The number of ether oxygens (including phenoxy) is 2. The van der Waals surface area contributed by atoms with Gasteiger partial charge in [0.15, 0.2) is 10.9 Å². The third-order valence-corrected chi connectivity index (χ3v) is 13.5. The Labute approximate surface area is 377 Å². The van der Waals surface area contributed by atoms with Gasteiger partial charge in [-0.15, -0.1) is 11.3 Å². The van der Waals surface area contributed by atoms with Gasteiger partial charge in [-0.05, 0) is 71.1 Å². The summed E-state index contributed by atoms with van der Waals surface area (Å²) in [5.74, 6) is 0.0455. The zero-order chi connectivity index (χ0) is 45.2. The average Bonchev–Trinajstić information content (AvgIpc) is 3.92. The summed E-state index contributed by atoms with van der Waals surface area (Å²) in [5, 5.41) is 13.4. The minimum atomic E-state index is -0.289. The Morgan fingerprint density at radius 2 is 1.58 bits per heavy atom. The van der Waals surface area contributed by atoms with Gasteiger partial charge >= 0.3 is 0 Å². The molecule has 0 bridgehead atoms. The highest BCUT2D eigenvalue weighted by Gasteiger charge is 2.33. The van der Waals surface area contributed by atoms with Crippen LogP contribution in [0.2, 0.25) is 0 Å². The number of carbonyl (C=O) groups excluding carboxylic acids is 4. The number of piperazine rings is 1. The summed E-state index contributed by atoms with van der Waals surface area (Å²) in [6, 6.07) is 3.64. The predicted molar refractivity (Wildman–Crippen MR) is 246 cm³/mol. The molecule has 1 aliphatic heterocycles. The van der Waals surface area contributed by atoms with Crippen molar-refractivity contribution in [1.82, 2.24) is 40.0 Å². The van der Waals surface area contributed by atoms with Crippen LogP contribution in [0.4, 0.5) is 22.6 Å². The zero-order valence-electron chi connectivity index (χ0n) is 37.4. The van der Waals surface area contributed by atoms with Gasteiger partial charge in [0, 0.05) is 67.7 Å². The van der Waals surface area contributed by atoms with Crippen molar-refractivity contribution in [3.05, 3.63) is 56.6 Å². The topological polar surface area (TPSA) is 215 Å². The summed E-state index contributed by atoms with van der Waals surface area (Å²) in [6.45, 7) is 12.0. The number of amides is 3. The molecule has 1 saturated heterocycles. The first-order valence-corrected chi connectivity index (χ1v) is 23.4. The van der Waals surface area contributed by atoms with Crippen molar-refractivity contribution >= 4 is 68.5 Å². The smallest absolute Gasteiger partial charge is 0.263 e. The van der Waals surface area contributed by atoms with Gasteiger partial charge < -0.3 is 35.6 Å². The monoisotopic (exact) mass is 899 g/mol. The molecule has 0 aromatic carbocycles. The summed E-state index contributed by atoms with van der Waals surface area (Å²) in [6.07, 6.45) is 10.9. The molecule has 2 aliphatic carbocycles. The van der Waals surface area contributed by atoms with Crippen LogP contribution in [0, 0.1) is 26.7 Å². The van der Waals surface area contributed by atoms with Gasteiger partial charge in [-0.25, -0.2) is 15.0 Å². The number of carbonyl (C=O) groups is 4. The molecular formula is C45H61N11O7S. The molecule has 18 nitrogen and oxygen atoms in total. The first-order valence-electron chi connectivity index (χ1n) is 22.5. The maximum absolute atomic E-state index is 13.6. The lowest BCUT2D eigenvalue weighted by Gasteiger charge is -2.35. The number of nitrogens with zero attached hydrogens (tertiary/aromatic N) is 7. The second-order valence-electron chi connectivity index (χ2n) is 16.9. The fourth-order valence-corrected chi connectivity index (χ4v) is 9.68. The van der Waals surface area contributed by atoms with E-state index in [1.165, 1.54) is 18.3 Å². The van der Waals surface area contributed by atoms with Gasteiger partial charge in [0.25, 0.3) is 5.56 Å². The lowest BCUT2D eigenvalue weighted by atomic mass is 9.83. The van der Waals surface area contributed by atoms with Crippen molar-refractivity contribution in [2.24, 2.45) is 5.92 Å². The molecule has 3 aliphatic rings. The second-order valence-corrected chi connectivity index (χ2v) is 18.1. The maximum atomic E-state index is 13.6. The van der Waals surface area contributed by atoms with Gasteiger partial charge in [-0.2, -0.15) is 4.98 Å². The molecule has 2 unspecified atom stereocenters. The van der Waals surface area contributed by atoms with Crippen LogP contribution in [0.5, 0.6) is 0 Å². The number of hydrogen-bond acceptors (Lipinski definition) is 15. The number of aromatic nitrogens is 5. The Kier molecular flexibility index (Phi) is 16.0. The Bertz CT molecular complexity index is 2320. The molecule has 19 heteroatoms. The summed E-state index contributed by atoms with van der Waals surface area (Å²) >= 11 is 1.46. The summed E-state index contributed by atoms with van der Waals surface area (Å²) in [5.41, 5.74) is 2.92. The first-order chi connectivity index (χ1) is 30.9. The largest absolute Gasteiger partial charge is 0.379 e. The SMILES string of the molecule is CC(=O)c1c(C)c2cnc(Nc3ccc(N4CCN(CC(=O)NCCOCCOCCC(=O)NC5CCCCC5C(=O)Nc5nc(C)c(C)s5)CC4)cn3)nc2n(C2CCCC2)c1=O. The van der Waals surface area contributed by atoms with E-state index in [1.807, 2.05) is 26.0 Å². The number of ketones is 1. The minimum absolute atomic E-state index is 0.00337. The Balaban J connectivity index is 0.755. The van der Waals surface area contributed by atoms with Gasteiger partial charge in [0.05, 0.1) is 62.0 Å². The number of thiazole rings is 1. The summed E-state index contributed by atoms with van der Waals surface area (Å²) in [7, 11) is 0. The van der Waals surface area contributed by atoms with Crippen LogP contribution in [0.1, 0.15) is 97.2 Å². The van der Waals surface area contributed by atoms with E-state index >= 15 is 0 Å². The van der Waals surface area contributed by atoms with Gasteiger partial charge in [0.2, 0.25) is 23.7 Å². The highest BCUT2D eigenvalue weighted by Crippen LogP contribution is 2.32. The Morgan fingerprint density at radius 3 is 2.28 bits per heavy atom. The molecule has 4 N–H and O–H groups in total. The lowest BCUT2D eigenvalue weighted by molar-refractivity contribution is -0.126. The normalized spacial score (nSPS) is 18.3. The van der Waals surface area contributed by atoms with Crippen LogP contribution in [-0.2, 0) is 23.9 Å². The quantitative estimate of drug-likeness (QED) is 0.0748. The molecule has 0 spiro atoms. The number of pyridine rings is 2. The molecule has 2 atom stereocenters. The van der Waals surface area contributed by atoms with E-state index in [2.05, 4.69) is 46.0 Å². The number of hydrogen-bond donors (Lipinski definition) is 4. The fourth-order valence-electron chi connectivity index (χ4n) is 8.86. The van der Waals surface area contributed by atoms with Crippen molar-refractivity contribution in [3.8, 4) is 0 Å².